The zero-order valence-electron chi connectivity index (χ0n) is 5.28. The lowest BCUT2D eigenvalue weighted by Crippen LogP contribution is -1.98. The van der Waals surface area contributed by atoms with Gasteiger partial charge in [-0.3, -0.25) is 10.1 Å². The van der Waals surface area contributed by atoms with Gasteiger partial charge in [0.2, 0.25) is 0 Å². The Labute approximate surface area is 57.9 Å². The fourth-order valence-corrected chi connectivity index (χ4v) is 0.377. The summed E-state index contributed by atoms with van der Waals surface area (Å²) in [4.78, 5) is 9.27. The van der Waals surface area contributed by atoms with Gasteiger partial charge in [-0.15, -0.1) is 0 Å². The molecule has 0 spiro atoms. The molecule has 1 N–H and O–H groups in total. The summed E-state index contributed by atoms with van der Waals surface area (Å²) in [5.74, 6) is -0.472. The van der Waals surface area contributed by atoms with Crippen LogP contribution in [-0.4, -0.2) is 10.0 Å². The summed E-state index contributed by atoms with van der Waals surface area (Å²) in [5.41, 5.74) is -0.435. The van der Waals surface area contributed by atoms with Gasteiger partial charge in [-0.25, -0.2) is 0 Å². The molecule has 0 saturated carbocycles. The molecule has 54 valence electrons. The van der Waals surface area contributed by atoms with Gasteiger partial charge in [0.1, 0.15) is 0 Å². The van der Waals surface area contributed by atoms with Gasteiger partial charge in [-0.1, -0.05) is 13.2 Å². The zero-order chi connectivity index (χ0) is 8.15. The molecule has 0 radical (unpaired) electrons. The number of aliphatic hydroxyl groups excluding tert-OH is 1. The fourth-order valence-electron chi connectivity index (χ4n) is 0.377. The molecule has 0 atom stereocenters. The highest BCUT2D eigenvalue weighted by molar-refractivity contribution is 5.19. The highest BCUT2D eigenvalue weighted by Crippen LogP contribution is 2.03. The molecule has 0 bridgehead atoms. The van der Waals surface area contributed by atoms with E-state index in [-0.39, 0.29) is 0 Å². The molecule has 4 nitrogen and oxygen atoms in total. The van der Waals surface area contributed by atoms with Gasteiger partial charge < -0.3 is 5.11 Å². The number of hydrogen-bond acceptors (Lipinski definition) is 3. The second kappa shape index (κ2) is 3.45. The van der Waals surface area contributed by atoms with E-state index in [1.807, 2.05) is 0 Å². The number of nitrogens with zero attached hydrogens (tertiary/aromatic N) is 1. The summed E-state index contributed by atoms with van der Waals surface area (Å²) >= 11 is 0. The normalized spacial score (nSPS) is 11.6. The van der Waals surface area contributed by atoms with Crippen LogP contribution >= 0.6 is 0 Å². The first kappa shape index (κ1) is 8.42. The Balaban J connectivity index is 4.79. The topological polar surface area (TPSA) is 63.4 Å². The molecule has 0 aromatic carbocycles. The number of hydrogen-bond donors (Lipinski definition) is 1. The minimum atomic E-state index is -0.732. The molecule has 0 saturated heterocycles. The standard InChI is InChI=1S/C6H7NO3/c1-3-5(7(9)10)6(8)4-2/h3-4,8H,1-2H2/b6-5-. The number of aliphatic hydroxyl groups is 1. The van der Waals surface area contributed by atoms with E-state index >= 15 is 0 Å². The summed E-state index contributed by atoms with van der Waals surface area (Å²) in [6, 6.07) is 0. The van der Waals surface area contributed by atoms with Crippen molar-refractivity contribution < 1.29 is 10.0 Å². The Morgan fingerprint density at radius 2 is 2.00 bits per heavy atom. The van der Waals surface area contributed by atoms with Crippen molar-refractivity contribution in [3.63, 3.8) is 0 Å². The van der Waals surface area contributed by atoms with Crippen LogP contribution in [-0.2, 0) is 0 Å². The van der Waals surface area contributed by atoms with Crippen molar-refractivity contribution in [2.24, 2.45) is 0 Å². The van der Waals surface area contributed by atoms with Crippen LogP contribution < -0.4 is 0 Å². The Hall–Kier alpha value is -1.58. The lowest BCUT2D eigenvalue weighted by Gasteiger charge is -1.90. The van der Waals surface area contributed by atoms with Crippen molar-refractivity contribution in [3.05, 3.63) is 46.9 Å². The van der Waals surface area contributed by atoms with Gasteiger partial charge in [-0.05, 0) is 6.08 Å². The van der Waals surface area contributed by atoms with Crippen molar-refractivity contribution in [3.8, 4) is 0 Å². The number of rotatable bonds is 3. The molecule has 0 rings (SSSR count). The predicted octanol–water partition coefficient (Wildman–Crippen LogP) is 1.40. The maximum absolute atomic E-state index is 10.00. The molecule has 0 unspecified atom stereocenters. The van der Waals surface area contributed by atoms with Crippen LogP contribution in [0.25, 0.3) is 0 Å². The molecule has 0 heterocycles. The van der Waals surface area contributed by atoms with Crippen LogP contribution in [0.4, 0.5) is 0 Å². The molecular weight excluding hydrogens is 134 g/mol. The molecule has 0 aromatic rings. The van der Waals surface area contributed by atoms with E-state index in [9.17, 15) is 10.1 Å². The summed E-state index contributed by atoms with van der Waals surface area (Å²) in [7, 11) is 0. The predicted molar refractivity (Wildman–Crippen MR) is 37.0 cm³/mol. The van der Waals surface area contributed by atoms with Crippen molar-refractivity contribution >= 4 is 0 Å². The third-order valence-electron chi connectivity index (χ3n) is 0.846. The van der Waals surface area contributed by atoms with Crippen LogP contribution in [0.5, 0.6) is 0 Å². The maximum atomic E-state index is 10.00. The smallest absolute Gasteiger partial charge is 0.310 e. The Morgan fingerprint density at radius 1 is 1.50 bits per heavy atom. The first-order valence-corrected chi connectivity index (χ1v) is 2.46. The first-order valence-electron chi connectivity index (χ1n) is 2.46. The molecule has 0 amide bonds. The van der Waals surface area contributed by atoms with E-state index < -0.39 is 16.4 Å². The lowest BCUT2D eigenvalue weighted by molar-refractivity contribution is -0.421. The van der Waals surface area contributed by atoms with Crippen molar-refractivity contribution in [2.45, 2.75) is 0 Å². The van der Waals surface area contributed by atoms with Gasteiger partial charge in [0.05, 0.1) is 4.92 Å². The lowest BCUT2D eigenvalue weighted by atomic mass is 10.3. The van der Waals surface area contributed by atoms with Crippen LogP contribution in [0.1, 0.15) is 0 Å². The van der Waals surface area contributed by atoms with Gasteiger partial charge in [0.15, 0.2) is 5.76 Å². The van der Waals surface area contributed by atoms with Crippen molar-refractivity contribution in [2.75, 3.05) is 0 Å². The molecule has 0 aliphatic carbocycles. The molecule has 4 heteroatoms. The highest BCUT2D eigenvalue weighted by atomic mass is 16.6. The summed E-state index contributed by atoms with van der Waals surface area (Å²) in [6.07, 6.45) is 1.94. The zero-order valence-corrected chi connectivity index (χ0v) is 5.28. The minimum Gasteiger partial charge on any atom is -0.502 e. The Kier molecular flexibility index (Phi) is 2.90. The molecule has 0 aliphatic heterocycles. The summed E-state index contributed by atoms with van der Waals surface area (Å²) in [6.45, 7) is 6.30. The third-order valence-corrected chi connectivity index (χ3v) is 0.846. The molecular formula is C6H7NO3. The average molecular weight is 141 g/mol. The second-order valence-corrected chi connectivity index (χ2v) is 1.44. The van der Waals surface area contributed by atoms with E-state index in [2.05, 4.69) is 13.2 Å². The van der Waals surface area contributed by atoms with Crippen molar-refractivity contribution in [1.29, 1.82) is 0 Å². The van der Waals surface area contributed by atoms with Crippen LogP contribution in [0.2, 0.25) is 0 Å². The van der Waals surface area contributed by atoms with E-state index in [0.29, 0.717) is 0 Å². The fraction of sp³-hybridized carbons (Fsp3) is 0. The van der Waals surface area contributed by atoms with Gasteiger partial charge in [0.25, 0.3) is 0 Å². The first-order chi connectivity index (χ1) is 4.63. The highest BCUT2D eigenvalue weighted by Gasteiger charge is 2.09. The van der Waals surface area contributed by atoms with Crippen LogP contribution in [0.15, 0.2) is 36.8 Å². The number of allylic oxidation sites excluding steroid dienone is 2. The van der Waals surface area contributed by atoms with Crippen LogP contribution in [0.3, 0.4) is 0 Å². The van der Waals surface area contributed by atoms with Crippen LogP contribution in [0, 0.1) is 10.1 Å². The quantitative estimate of drug-likeness (QED) is 0.279. The third kappa shape index (κ3) is 1.74. The number of nitro groups is 1. The van der Waals surface area contributed by atoms with E-state index in [0.717, 1.165) is 12.2 Å². The molecule has 0 aliphatic rings. The summed E-state index contributed by atoms with van der Waals surface area (Å²) < 4.78 is 0. The second-order valence-electron chi connectivity index (χ2n) is 1.44. The summed E-state index contributed by atoms with van der Waals surface area (Å²) in [5, 5.41) is 18.7. The van der Waals surface area contributed by atoms with E-state index in [4.69, 9.17) is 5.11 Å². The van der Waals surface area contributed by atoms with Gasteiger partial charge >= 0.3 is 5.70 Å². The van der Waals surface area contributed by atoms with Gasteiger partial charge in [-0.2, -0.15) is 0 Å². The maximum Gasteiger partial charge on any atom is 0.310 e. The Morgan fingerprint density at radius 3 is 2.10 bits per heavy atom. The average Bonchev–Trinajstić information content (AvgIpc) is 1.88. The van der Waals surface area contributed by atoms with E-state index in [1.165, 1.54) is 0 Å². The molecule has 0 aromatic heterocycles. The largest absolute Gasteiger partial charge is 0.502 e. The Bertz CT molecular complexity index is 205. The van der Waals surface area contributed by atoms with Crippen molar-refractivity contribution in [1.82, 2.24) is 0 Å². The minimum absolute atomic E-state index is 0.435. The molecule has 0 fully saturated rings. The molecule has 10 heavy (non-hydrogen) atoms. The van der Waals surface area contributed by atoms with Gasteiger partial charge in [0, 0.05) is 6.08 Å². The SMILES string of the molecule is C=C/C(O)=C(\C=C)[N+](=O)[O-]. The van der Waals surface area contributed by atoms with E-state index in [1.54, 1.807) is 0 Å². The monoisotopic (exact) mass is 141 g/mol.